The molecular weight excluding hydrogens is 336 g/mol. The summed E-state index contributed by atoms with van der Waals surface area (Å²) in [5.41, 5.74) is 8.00. The molecule has 1 aromatic carbocycles. The van der Waals surface area contributed by atoms with Crippen molar-refractivity contribution in [2.75, 3.05) is 0 Å². The van der Waals surface area contributed by atoms with E-state index in [2.05, 4.69) is 39.3 Å². The van der Waals surface area contributed by atoms with Gasteiger partial charge in [0.05, 0.1) is 15.2 Å². The molecule has 20 heavy (non-hydrogen) atoms. The van der Waals surface area contributed by atoms with Crippen LogP contribution < -0.4 is 10.5 Å². The largest absolute Gasteiger partial charge is 0.486 e. The molecule has 0 aliphatic carbocycles. The van der Waals surface area contributed by atoms with Gasteiger partial charge >= 0.3 is 0 Å². The maximum Gasteiger partial charge on any atom is 0.137 e. The molecule has 0 spiro atoms. The first-order chi connectivity index (χ1) is 9.60. The van der Waals surface area contributed by atoms with E-state index < -0.39 is 0 Å². The highest BCUT2D eigenvalue weighted by Gasteiger charge is 2.11. The molecule has 0 fully saturated rings. The van der Waals surface area contributed by atoms with E-state index in [1.54, 1.807) is 11.3 Å². The van der Waals surface area contributed by atoms with E-state index in [1.807, 2.05) is 19.1 Å². The van der Waals surface area contributed by atoms with Crippen molar-refractivity contribution in [1.82, 2.24) is 4.98 Å². The van der Waals surface area contributed by atoms with Gasteiger partial charge in [0.2, 0.25) is 0 Å². The van der Waals surface area contributed by atoms with Gasteiger partial charge in [-0.2, -0.15) is 0 Å². The van der Waals surface area contributed by atoms with Gasteiger partial charge in [0, 0.05) is 11.4 Å². The lowest BCUT2D eigenvalue weighted by Gasteiger charge is -2.14. The van der Waals surface area contributed by atoms with Crippen molar-refractivity contribution >= 4 is 27.3 Å². The first-order valence-electron chi connectivity index (χ1n) is 6.69. The Labute approximate surface area is 132 Å². The van der Waals surface area contributed by atoms with Crippen LogP contribution in [0, 0.1) is 0 Å². The van der Waals surface area contributed by atoms with Crippen molar-refractivity contribution in [3.05, 3.63) is 44.3 Å². The number of hydrogen-bond donors (Lipinski definition) is 1. The molecule has 1 aromatic heterocycles. The number of para-hydroxylation sites is 1. The van der Waals surface area contributed by atoms with Crippen molar-refractivity contribution < 1.29 is 4.74 Å². The van der Waals surface area contributed by atoms with E-state index in [0.29, 0.717) is 6.61 Å². The maximum atomic E-state index is 5.95. The average molecular weight is 355 g/mol. The number of benzene rings is 1. The number of nitrogens with zero attached hydrogens (tertiary/aromatic N) is 1. The molecule has 0 radical (unpaired) electrons. The summed E-state index contributed by atoms with van der Waals surface area (Å²) in [7, 11) is 0. The second-order valence-electron chi connectivity index (χ2n) is 4.78. The number of aromatic nitrogens is 1. The van der Waals surface area contributed by atoms with Crippen molar-refractivity contribution in [2.45, 2.75) is 39.3 Å². The second kappa shape index (κ2) is 7.20. The Morgan fingerprint density at radius 1 is 1.45 bits per heavy atom. The zero-order chi connectivity index (χ0) is 14.5. The summed E-state index contributed by atoms with van der Waals surface area (Å²) in [6.07, 6.45) is 1.77. The topological polar surface area (TPSA) is 48.1 Å². The Kier molecular flexibility index (Phi) is 5.57. The lowest BCUT2D eigenvalue weighted by molar-refractivity contribution is 0.296. The molecule has 2 N–H and O–H groups in total. The predicted octanol–water partition coefficient (Wildman–Crippen LogP) is 3.94. The summed E-state index contributed by atoms with van der Waals surface area (Å²) in [4.78, 5) is 4.52. The quantitative estimate of drug-likeness (QED) is 0.854. The van der Waals surface area contributed by atoms with Gasteiger partial charge in [0.25, 0.3) is 0 Å². The van der Waals surface area contributed by atoms with Crippen LogP contribution in [0.15, 0.2) is 28.1 Å². The van der Waals surface area contributed by atoms with E-state index >= 15 is 0 Å². The second-order valence-corrected chi connectivity index (χ2v) is 6.58. The Morgan fingerprint density at radius 3 is 2.90 bits per heavy atom. The van der Waals surface area contributed by atoms with Gasteiger partial charge in [-0.05, 0) is 47.3 Å². The van der Waals surface area contributed by atoms with Gasteiger partial charge in [-0.3, -0.25) is 0 Å². The van der Waals surface area contributed by atoms with Gasteiger partial charge in [-0.25, -0.2) is 4.98 Å². The molecule has 0 amide bonds. The summed E-state index contributed by atoms with van der Waals surface area (Å²) in [5, 5.41) is 3.20. The van der Waals surface area contributed by atoms with Crippen LogP contribution >= 0.6 is 27.3 Å². The minimum absolute atomic E-state index is 0.109. The lowest BCUT2D eigenvalue weighted by atomic mass is 10.1. The SMILES string of the molecule is CCc1nc(COc2c(Br)cccc2CC(C)N)cs1. The number of nitrogens with two attached hydrogens (primary N) is 1. The molecule has 1 atom stereocenters. The molecule has 0 aliphatic rings. The molecule has 1 heterocycles. The fourth-order valence-electron chi connectivity index (χ4n) is 1.95. The maximum absolute atomic E-state index is 5.95. The fraction of sp³-hybridized carbons (Fsp3) is 0.400. The van der Waals surface area contributed by atoms with Crippen LogP contribution in [0.4, 0.5) is 0 Å². The van der Waals surface area contributed by atoms with Crippen LogP contribution in [0.1, 0.15) is 30.1 Å². The minimum atomic E-state index is 0.109. The molecule has 0 saturated heterocycles. The molecule has 0 saturated carbocycles. The number of aryl methyl sites for hydroxylation is 1. The van der Waals surface area contributed by atoms with E-state index in [9.17, 15) is 0 Å². The number of halogens is 1. The third-order valence-electron chi connectivity index (χ3n) is 2.86. The van der Waals surface area contributed by atoms with E-state index in [0.717, 1.165) is 39.3 Å². The highest BCUT2D eigenvalue weighted by Crippen LogP contribution is 2.30. The predicted molar refractivity (Wildman–Crippen MR) is 87.3 cm³/mol. The van der Waals surface area contributed by atoms with Gasteiger partial charge < -0.3 is 10.5 Å². The summed E-state index contributed by atoms with van der Waals surface area (Å²) in [6, 6.07) is 6.16. The van der Waals surface area contributed by atoms with Crippen molar-refractivity contribution in [1.29, 1.82) is 0 Å². The zero-order valence-corrected chi connectivity index (χ0v) is 14.1. The fourth-order valence-corrected chi connectivity index (χ4v) is 3.20. The third-order valence-corrected chi connectivity index (χ3v) is 4.52. The molecule has 3 nitrogen and oxygen atoms in total. The molecule has 108 valence electrons. The Morgan fingerprint density at radius 2 is 2.25 bits per heavy atom. The summed E-state index contributed by atoms with van der Waals surface area (Å²) < 4.78 is 6.91. The summed E-state index contributed by atoms with van der Waals surface area (Å²) in [6.45, 7) is 4.60. The van der Waals surface area contributed by atoms with Crippen molar-refractivity contribution in [3.63, 3.8) is 0 Å². The van der Waals surface area contributed by atoms with Crippen molar-refractivity contribution in [2.24, 2.45) is 5.73 Å². The Balaban J connectivity index is 2.11. The number of ether oxygens (including phenoxy) is 1. The van der Waals surface area contributed by atoms with Crippen molar-refractivity contribution in [3.8, 4) is 5.75 Å². The normalized spacial score (nSPS) is 12.4. The molecular formula is C15H19BrN2OS. The molecule has 2 aromatic rings. The van der Waals surface area contributed by atoms with Crippen LogP contribution in [0.2, 0.25) is 0 Å². The number of rotatable bonds is 6. The van der Waals surface area contributed by atoms with E-state index in [1.165, 1.54) is 0 Å². The Hall–Kier alpha value is -0.910. The molecule has 1 unspecified atom stereocenters. The first-order valence-corrected chi connectivity index (χ1v) is 8.36. The van der Waals surface area contributed by atoms with Crippen LogP contribution in [0.25, 0.3) is 0 Å². The van der Waals surface area contributed by atoms with E-state index in [-0.39, 0.29) is 6.04 Å². The number of thiazole rings is 1. The first kappa shape index (κ1) is 15.5. The van der Waals surface area contributed by atoms with Crippen LogP contribution in [-0.4, -0.2) is 11.0 Å². The van der Waals surface area contributed by atoms with Gasteiger partial charge in [-0.1, -0.05) is 19.1 Å². The standard InChI is InChI=1S/C15H19BrN2OS/c1-3-14-18-12(9-20-14)8-19-15-11(7-10(2)17)5-4-6-13(15)16/h4-6,9-10H,3,7-8,17H2,1-2H3. The van der Waals surface area contributed by atoms with E-state index in [4.69, 9.17) is 10.5 Å². The third kappa shape index (κ3) is 4.04. The minimum Gasteiger partial charge on any atom is -0.486 e. The molecule has 2 rings (SSSR count). The van der Waals surface area contributed by atoms with Crippen LogP contribution in [0.5, 0.6) is 5.75 Å². The summed E-state index contributed by atoms with van der Waals surface area (Å²) in [5.74, 6) is 0.871. The molecule has 0 aliphatic heterocycles. The highest BCUT2D eigenvalue weighted by molar-refractivity contribution is 9.10. The smallest absolute Gasteiger partial charge is 0.137 e. The van der Waals surface area contributed by atoms with Gasteiger partial charge in [-0.15, -0.1) is 11.3 Å². The van der Waals surface area contributed by atoms with Crippen LogP contribution in [0.3, 0.4) is 0 Å². The van der Waals surface area contributed by atoms with Gasteiger partial charge in [0.15, 0.2) is 0 Å². The summed E-state index contributed by atoms with van der Waals surface area (Å²) >= 11 is 5.23. The number of hydrogen-bond acceptors (Lipinski definition) is 4. The molecule has 5 heteroatoms. The van der Waals surface area contributed by atoms with Gasteiger partial charge in [0.1, 0.15) is 12.4 Å². The average Bonchev–Trinajstić information content (AvgIpc) is 2.85. The zero-order valence-electron chi connectivity index (χ0n) is 11.7. The van der Waals surface area contributed by atoms with Crippen LogP contribution in [-0.2, 0) is 19.4 Å². The molecule has 0 bridgehead atoms. The highest BCUT2D eigenvalue weighted by atomic mass is 79.9. The lowest BCUT2D eigenvalue weighted by Crippen LogP contribution is -2.18. The monoisotopic (exact) mass is 354 g/mol. The Bertz CT molecular complexity index is 569.